The summed E-state index contributed by atoms with van der Waals surface area (Å²) in [5.74, 6) is 1.85. The van der Waals surface area contributed by atoms with Crippen LogP contribution in [-0.2, 0) is 12.8 Å². The first-order valence-electron chi connectivity index (χ1n) is 9.64. The summed E-state index contributed by atoms with van der Waals surface area (Å²) in [5.41, 5.74) is 2.80. The molecule has 0 spiro atoms. The molecule has 2 aliphatic rings. The van der Waals surface area contributed by atoms with Crippen LogP contribution in [0.15, 0.2) is 42.9 Å². The maximum atomic E-state index is 4.11. The number of hydrogen-bond acceptors (Lipinski definition) is 2. The molecule has 1 saturated heterocycles. The van der Waals surface area contributed by atoms with E-state index in [9.17, 15) is 0 Å². The van der Waals surface area contributed by atoms with Crippen molar-refractivity contribution >= 4 is 0 Å². The van der Waals surface area contributed by atoms with Crippen LogP contribution in [0.3, 0.4) is 0 Å². The molecule has 1 aliphatic heterocycles. The fraction of sp³-hybridized carbons (Fsp3) is 0.571. The van der Waals surface area contributed by atoms with Crippen molar-refractivity contribution in [3.8, 4) is 0 Å². The lowest BCUT2D eigenvalue weighted by Gasteiger charge is -2.36. The fourth-order valence-corrected chi connectivity index (χ4v) is 4.94. The highest BCUT2D eigenvalue weighted by molar-refractivity contribution is 5.15. The molecule has 3 nitrogen and oxygen atoms in total. The number of benzene rings is 1. The number of hydrogen-bond donors (Lipinski definition) is 1. The van der Waals surface area contributed by atoms with Gasteiger partial charge in [-0.1, -0.05) is 30.3 Å². The average Bonchev–Trinajstić information content (AvgIpc) is 3.26. The van der Waals surface area contributed by atoms with Gasteiger partial charge in [0.2, 0.25) is 0 Å². The Kier molecular flexibility index (Phi) is 4.98. The van der Waals surface area contributed by atoms with Gasteiger partial charge < -0.3 is 9.88 Å². The van der Waals surface area contributed by atoms with E-state index in [0.717, 1.165) is 24.3 Å². The van der Waals surface area contributed by atoms with Gasteiger partial charge in [-0.3, -0.25) is 0 Å². The van der Waals surface area contributed by atoms with Gasteiger partial charge in [0.05, 0.1) is 6.33 Å². The highest BCUT2D eigenvalue weighted by atomic mass is 15.2. The Labute approximate surface area is 145 Å². The Balaban J connectivity index is 1.25. The molecule has 24 heavy (non-hydrogen) atoms. The van der Waals surface area contributed by atoms with Gasteiger partial charge in [-0.15, -0.1) is 0 Å². The van der Waals surface area contributed by atoms with Crippen molar-refractivity contribution in [3.63, 3.8) is 0 Å². The number of aromatic nitrogens is 2. The van der Waals surface area contributed by atoms with Crippen LogP contribution in [0, 0.1) is 11.8 Å². The second-order valence-electron chi connectivity index (χ2n) is 7.70. The maximum absolute atomic E-state index is 4.11. The van der Waals surface area contributed by atoms with Gasteiger partial charge in [-0.2, -0.15) is 0 Å². The van der Waals surface area contributed by atoms with Crippen LogP contribution in [0.4, 0.5) is 0 Å². The molecule has 1 N–H and O–H groups in total. The van der Waals surface area contributed by atoms with Crippen molar-refractivity contribution in [2.24, 2.45) is 11.8 Å². The first-order valence-corrected chi connectivity index (χ1v) is 9.64. The van der Waals surface area contributed by atoms with Crippen LogP contribution >= 0.6 is 0 Å². The summed E-state index contributed by atoms with van der Waals surface area (Å²) in [7, 11) is 0. The first-order chi connectivity index (χ1) is 11.9. The summed E-state index contributed by atoms with van der Waals surface area (Å²) in [6.45, 7) is 2.57. The third-order valence-corrected chi connectivity index (χ3v) is 6.12. The molecular formula is C21H29N3. The molecule has 2 heterocycles. The number of rotatable bonds is 6. The Morgan fingerprint density at radius 1 is 1.12 bits per heavy atom. The molecule has 2 aromatic rings. The van der Waals surface area contributed by atoms with Crippen molar-refractivity contribution in [2.75, 3.05) is 13.1 Å². The summed E-state index contributed by atoms with van der Waals surface area (Å²) in [6.07, 6.45) is 13.1. The number of likely N-dealkylation sites (tertiary alicyclic amines) is 1. The molecule has 0 unspecified atom stereocenters. The smallest absolute Gasteiger partial charge is 0.0921 e. The first kappa shape index (κ1) is 15.9. The van der Waals surface area contributed by atoms with Crippen LogP contribution in [0.2, 0.25) is 0 Å². The number of fused-ring (bicyclic) bond motifs is 1. The van der Waals surface area contributed by atoms with Gasteiger partial charge in [-0.25, -0.2) is 4.98 Å². The quantitative estimate of drug-likeness (QED) is 0.869. The van der Waals surface area contributed by atoms with E-state index in [1.807, 2.05) is 6.20 Å². The molecule has 0 radical (unpaired) electrons. The molecule has 1 aromatic heterocycles. The number of nitrogens with zero attached hydrogens (tertiary/aromatic N) is 2. The van der Waals surface area contributed by atoms with E-state index in [4.69, 9.17) is 0 Å². The molecule has 1 saturated carbocycles. The van der Waals surface area contributed by atoms with Crippen LogP contribution in [0.1, 0.15) is 43.4 Å². The minimum absolute atomic E-state index is 0.860. The molecule has 1 aromatic carbocycles. The van der Waals surface area contributed by atoms with E-state index in [1.54, 1.807) is 6.33 Å². The van der Waals surface area contributed by atoms with Crippen LogP contribution < -0.4 is 0 Å². The number of aryl methyl sites for hydroxylation is 1. The van der Waals surface area contributed by atoms with Crippen LogP contribution in [-0.4, -0.2) is 34.0 Å². The van der Waals surface area contributed by atoms with E-state index in [-0.39, 0.29) is 0 Å². The van der Waals surface area contributed by atoms with Gasteiger partial charge in [0.1, 0.15) is 0 Å². The Hall–Kier alpha value is -1.61. The number of aromatic amines is 1. The number of H-pyrrole nitrogens is 1. The van der Waals surface area contributed by atoms with E-state index in [1.165, 1.54) is 62.9 Å². The van der Waals surface area contributed by atoms with Gasteiger partial charge in [-0.05, 0) is 75.4 Å². The van der Waals surface area contributed by atoms with E-state index >= 15 is 0 Å². The molecule has 0 amide bonds. The summed E-state index contributed by atoms with van der Waals surface area (Å²) in [5, 5.41) is 0. The molecule has 3 heteroatoms. The summed E-state index contributed by atoms with van der Waals surface area (Å²) in [6, 6.07) is 11.9. The van der Waals surface area contributed by atoms with Crippen molar-refractivity contribution in [3.05, 3.63) is 54.1 Å². The highest BCUT2D eigenvalue weighted by Crippen LogP contribution is 2.40. The Bertz CT molecular complexity index is 607. The average molecular weight is 323 g/mol. The van der Waals surface area contributed by atoms with E-state index < -0.39 is 0 Å². The molecule has 4 rings (SSSR count). The lowest BCUT2D eigenvalue weighted by molar-refractivity contribution is 0.150. The molecule has 128 valence electrons. The zero-order valence-electron chi connectivity index (χ0n) is 14.5. The minimum Gasteiger partial charge on any atom is -0.348 e. The van der Waals surface area contributed by atoms with Crippen LogP contribution in [0.5, 0.6) is 0 Å². The molecule has 0 bridgehead atoms. The molecule has 2 fully saturated rings. The lowest BCUT2D eigenvalue weighted by Crippen LogP contribution is -2.37. The SMILES string of the molecule is c1ccc(C[C@H]2CC[C@@H]3[C@@H](CCN3CCCc3cnc[nH]3)C2)cc1. The summed E-state index contributed by atoms with van der Waals surface area (Å²) in [4.78, 5) is 10.1. The van der Waals surface area contributed by atoms with E-state index in [0.29, 0.717) is 0 Å². The van der Waals surface area contributed by atoms with Crippen molar-refractivity contribution in [1.82, 2.24) is 14.9 Å². The van der Waals surface area contributed by atoms with Crippen LogP contribution in [0.25, 0.3) is 0 Å². The second kappa shape index (κ2) is 7.52. The summed E-state index contributed by atoms with van der Waals surface area (Å²) >= 11 is 0. The topological polar surface area (TPSA) is 31.9 Å². The third-order valence-electron chi connectivity index (χ3n) is 6.12. The zero-order chi connectivity index (χ0) is 16.2. The molecular weight excluding hydrogens is 294 g/mol. The Morgan fingerprint density at radius 3 is 2.88 bits per heavy atom. The predicted molar refractivity (Wildman–Crippen MR) is 97.9 cm³/mol. The highest BCUT2D eigenvalue weighted by Gasteiger charge is 2.38. The third kappa shape index (κ3) is 3.72. The van der Waals surface area contributed by atoms with Gasteiger partial charge in [0, 0.05) is 17.9 Å². The predicted octanol–water partition coefficient (Wildman–Crippen LogP) is 4.08. The van der Waals surface area contributed by atoms with E-state index in [2.05, 4.69) is 45.2 Å². The fourth-order valence-electron chi connectivity index (χ4n) is 4.94. The largest absolute Gasteiger partial charge is 0.348 e. The van der Waals surface area contributed by atoms with Gasteiger partial charge in [0.25, 0.3) is 0 Å². The second-order valence-corrected chi connectivity index (χ2v) is 7.70. The number of imidazole rings is 1. The maximum Gasteiger partial charge on any atom is 0.0921 e. The number of nitrogens with one attached hydrogen (secondary N) is 1. The standard InChI is InChI=1S/C21H29N3/c1-2-5-17(6-3-1)13-18-8-9-21-19(14-18)10-12-24(21)11-4-7-20-15-22-16-23-20/h1-3,5-6,15-16,18-19,21H,4,7-14H2,(H,22,23)/t18-,19+,21-/m1/s1. The Morgan fingerprint density at radius 2 is 2.04 bits per heavy atom. The normalized spacial score (nSPS) is 27.2. The monoisotopic (exact) mass is 323 g/mol. The molecule has 3 atom stereocenters. The van der Waals surface area contributed by atoms with Crippen molar-refractivity contribution < 1.29 is 0 Å². The zero-order valence-corrected chi connectivity index (χ0v) is 14.5. The minimum atomic E-state index is 0.860. The van der Waals surface area contributed by atoms with Gasteiger partial charge in [0.15, 0.2) is 0 Å². The van der Waals surface area contributed by atoms with Gasteiger partial charge >= 0.3 is 0 Å². The van der Waals surface area contributed by atoms with Crippen molar-refractivity contribution in [1.29, 1.82) is 0 Å². The summed E-state index contributed by atoms with van der Waals surface area (Å²) < 4.78 is 0. The molecule has 1 aliphatic carbocycles. The van der Waals surface area contributed by atoms with Crippen molar-refractivity contribution in [2.45, 2.75) is 51.0 Å². The lowest BCUT2D eigenvalue weighted by atomic mass is 9.76.